The summed E-state index contributed by atoms with van der Waals surface area (Å²) in [7, 11) is 1.45. The summed E-state index contributed by atoms with van der Waals surface area (Å²) in [5, 5.41) is 16.4. The molecule has 0 fully saturated rings. The maximum absolute atomic E-state index is 11.8. The number of hydrogen-bond donors (Lipinski definition) is 3. The van der Waals surface area contributed by atoms with Crippen LogP contribution in [0, 0.1) is 0 Å². The molecule has 0 aromatic heterocycles. The molecule has 2 aromatic rings. The van der Waals surface area contributed by atoms with Crippen molar-refractivity contribution in [2.75, 3.05) is 23.9 Å². The van der Waals surface area contributed by atoms with Crippen LogP contribution in [-0.4, -0.2) is 41.8 Å². The standard InChI is InChI=1S/C18H19N3O4S/c1-25-15-9-5-6-13(18(15)24)10-19-21-17(23)12-26-11-16(22)20-14-7-3-2-4-8-14/h2-10,24H,11-12H2,1H3,(H,20,22)(H,21,23)/b19-10-. The number of phenolic OH excluding ortho intramolecular Hbond substituents is 1. The number of methoxy groups -OCH3 is 1. The van der Waals surface area contributed by atoms with E-state index in [1.807, 2.05) is 18.2 Å². The van der Waals surface area contributed by atoms with Crippen molar-refractivity contribution in [2.24, 2.45) is 5.10 Å². The lowest BCUT2D eigenvalue weighted by molar-refractivity contribution is -0.118. The van der Waals surface area contributed by atoms with Crippen molar-refractivity contribution >= 4 is 35.5 Å². The average molecular weight is 373 g/mol. The van der Waals surface area contributed by atoms with E-state index in [4.69, 9.17) is 4.74 Å². The topological polar surface area (TPSA) is 100 Å². The molecule has 0 saturated heterocycles. The molecule has 0 bridgehead atoms. The van der Waals surface area contributed by atoms with Crippen LogP contribution in [-0.2, 0) is 9.59 Å². The van der Waals surface area contributed by atoms with Crippen LogP contribution in [0.5, 0.6) is 11.5 Å². The van der Waals surface area contributed by atoms with Gasteiger partial charge in [0.15, 0.2) is 11.5 Å². The zero-order chi connectivity index (χ0) is 18.8. The first-order valence-corrected chi connectivity index (χ1v) is 8.86. The van der Waals surface area contributed by atoms with Crippen molar-refractivity contribution in [1.82, 2.24) is 5.43 Å². The quantitative estimate of drug-likeness (QED) is 0.487. The van der Waals surface area contributed by atoms with Crippen molar-refractivity contribution in [2.45, 2.75) is 0 Å². The van der Waals surface area contributed by atoms with Gasteiger partial charge in [0.1, 0.15) is 0 Å². The molecule has 2 amide bonds. The number of anilines is 1. The van der Waals surface area contributed by atoms with Gasteiger partial charge in [-0.2, -0.15) is 5.10 Å². The summed E-state index contributed by atoms with van der Waals surface area (Å²) in [5.41, 5.74) is 3.47. The van der Waals surface area contributed by atoms with Gasteiger partial charge < -0.3 is 15.2 Å². The molecule has 0 unspecified atom stereocenters. The van der Waals surface area contributed by atoms with E-state index in [1.54, 1.807) is 30.3 Å². The number of nitrogens with one attached hydrogen (secondary N) is 2. The van der Waals surface area contributed by atoms with E-state index in [0.29, 0.717) is 17.0 Å². The third-order valence-corrected chi connectivity index (χ3v) is 4.10. The van der Waals surface area contributed by atoms with Crippen LogP contribution < -0.4 is 15.5 Å². The van der Waals surface area contributed by atoms with Gasteiger partial charge in [-0.3, -0.25) is 9.59 Å². The third kappa shape index (κ3) is 6.14. The molecule has 3 N–H and O–H groups in total. The molecular weight excluding hydrogens is 354 g/mol. The van der Waals surface area contributed by atoms with Crippen LogP contribution >= 0.6 is 11.8 Å². The van der Waals surface area contributed by atoms with E-state index in [1.165, 1.54) is 25.1 Å². The predicted molar refractivity (Wildman–Crippen MR) is 103 cm³/mol. The summed E-state index contributed by atoms with van der Waals surface area (Å²) >= 11 is 1.18. The third-order valence-electron chi connectivity index (χ3n) is 3.17. The first-order chi connectivity index (χ1) is 12.6. The van der Waals surface area contributed by atoms with Crippen molar-refractivity contribution < 1.29 is 19.4 Å². The lowest BCUT2D eigenvalue weighted by Gasteiger charge is -2.05. The fourth-order valence-corrected chi connectivity index (χ4v) is 2.58. The van der Waals surface area contributed by atoms with E-state index in [9.17, 15) is 14.7 Å². The lowest BCUT2D eigenvalue weighted by Crippen LogP contribution is -2.21. The summed E-state index contributed by atoms with van der Waals surface area (Å²) in [6.07, 6.45) is 1.32. The summed E-state index contributed by atoms with van der Waals surface area (Å²) in [6, 6.07) is 14.0. The van der Waals surface area contributed by atoms with Crippen molar-refractivity contribution in [3.05, 3.63) is 54.1 Å². The number of carbonyl (C=O) groups excluding carboxylic acids is 2. The Hall–Kier alpha value is -3.00. The Morgan fingerprint density at radius 3 is 2.58 bits per heavy atom. The van der Waals surface area contributed by atoms with Crippen LogP contribution in [0.4, 0.5) is 5.69 Å². The van der Waals surface area contributed by atoms with Crippen LogP contribution in [0.3, 0.4) is 0 Å². The molecule has 7 nitrogen and oxygen atoms in total. The largest absolute Gasteiger partial charge is 0.504 e. The molecule has 0 aliphatic rings. The zero-order valence-electron chi connectivity index (χ0n) is 14.1. The molecule has 8 heteroatoms. The summed E-state index contributed by atoms with van der Waals surface area (Å²) in [6.45, 7) is 0. The normalized spacial score (nSPS) is 10.5. The van der Waals surface area contributed by atoms with Crippen LogP contribution in [0.2, 0.25) is 0 Å². The van der Waals surface area contributed by atoms with E-state index in [-0.39, 0.29) is 29.1 Å². The Labute approximate surface area is 155 Å². The fourth-order valence-electron chi connectivity index (χ4n) is 1.97. The maximum Gasteiger partial charge on any atom is 0.250 e. The zero-order valence-corrected chi connectivity index (χ0v) is 15.0. The Morgan fingerprint density at radius 2 is 1.85 bits per heavy atom. The number of para-hydroxylation sites is 2. The highest BCUT2D eigenvalue weighted by molar-refractivity contribution is 8.00. The minimum atomic E-state index is -0.346. The Morgan fingerprint density at radius 1 is 1.12 bits per heavy atom. The highest BCUT2D eigenvalue weighted by Crippen LogP contribution is 2.27. The van der Waals surface area contributed by atoms with Gasteiger partial charge in [-0.25, -0.2) is 5.43 Å². The summed E-state index contributed by atoms with van der Waals surface area (Å²) in [5.74, 6) is -0.0213. The van der Waals surface area contributed by atoms with Gasteiger partial charge in [0.2, 0.25) is 11.8 Å². The number of amides is 2. The van der Waals surface area contributed by atoms with Crippen LogP contribution in [0.25, 0.3) is 0 Å². The number of thioether (sulfide) groups is 1. The smallest absolute Gasteiger partial charge is 0.250 e. The van der Waals surface area contributed by atoms with Crippen LogP contribution in [0.1, 0.15) is 5.56 Å². The lowest BCUT2D eigenvalue weighted by atomic mass is 10.2. The number of phenols is 1. The van der Waals surface area contributed by atoms with Gasteiger partial charge in [-0.05, 0) is 24.3 Å². The molecular formula is C18H19N3O4S. The second kappa shape index (κ2) is 10.1. The number of aromatic hydroxyl groups is 1. The highest BCUT2D eigenvalue weighted by Gasteiger charge is 2.07. The monoisotopic (exact) mass is 373 g/mol. The van der Waals surface area contributed by atoms with Crippen LogP contribution in [0.15, 0.2) is 53.6 Å². The minimum Gasteiger partial charge on any atom is -0.504 e. The van der Waals surface area contributed by atoms with E-state index in [2.05, 4.69) is 15.8 Å². The van der Waals surface area contributed by atoms with Gasteiger partial charge in [0.25, 0.3) is 0 Å². The van der Waals surface area contributed by atoms with Crippen molar-refractivity contribution in [3.63, 3.8) is 0 Å². The van der Waals surface area contributed by atoms with Gasteiger partial charge in [-0.15, -0.1) is 11.8 Å². The fraction of sp³-hybridized carbons (Fsp3) is 0.167. The van der Waals surface area contributed by atoms with Gasteiger partial charge >= 0.3 is 0 Å². The van der Waals surface area contributed by atoms with Gasteiger partial charge in [0, 0.05) is 11.3 Å². The van der Waals surface area contributed by atoms with Gasteiger partial charge in [0.05, 0.1) is 24.8 Å². The number of ether oxygens (including phenoxy) is 1. The van der Waals surface area contributed by atoms with E-state index >= 15 is 0 Å². The molecule has 26 heavy (non-hydrogen) atoms. The SMILES string of the molecule is COc1cccc(/C=N\NC(=O)CSCC(=O)Nc2ccccc2)c1O. The number of benzene rings is 2. The number of nitrogens with zero attached hydrogens (tertiary/aromatic N) is 1. The Kier molecular flexibility index (Phi) is 7.50. The Balaban J connectivity index is 1.71. The van der Waals surface area contributed by atoms with E-state index in [0.717, 1.165) is 0 Å². The molecule has 0 spiro atoms. The molecule has 2 rings (SSSR count). The number of hydrogen-bond acceptors (Lipinski definition) is 6. The van der Waals surface area contributed by atoms with Gasteiger partial charge in [-0.1, -0.05) is 24.3 Å². The minimum absolute atomic E-state index is 0.0556. The molecule has 0 atom stereocenters. The van der Waals surface area contributed by atoms with Crippen molar-refractivity contribution in [3.8, 4) is 11.5 Å². The number of carbonyl (C=O) groups is 2. The predicted octanol–water partition coefficient (Wildman–Crippen LogP) is 2.22. The highest BCUT2D eigenvalue weighted by atomic mass is 32.2. The van der Waals surface area contributed by atoms with Crippen molar-refractivity contribution in [1.29, 1.82) is 0 Å². The molecule has 0 aliphatic heterocycles. The first-order valence-electron chi connectivity index (χ1n) is 7.70. The van der Waals surface area contributed by atoms with E-state index < -0.39 is 0 Å². The summed E-state index contributed by atoms with van der Waals surface area (Å²) in [4.78, 5) is 23.5. The first kappa shape index (κ1) is 19.3. The summed E-state index contributed by atoms with van der Waals surface area (Å²) < 4.78 is 4.99. The number of rotatable bonds is 8. The molecule has 0 radical (unpaired) electrons. The average Bonchev–Trinajstić information content (AvgIpc) is 2.64. The molecule has 2 aromatic carbocycles. The molecule has 0 saturated carbocycles. The molecule has 0 aliphatic carbocycles. The number of hydrazone groups is 1. The second-order valence-electron chi connectivity index (χ2n) is 5.10. The second-order valence-corrected chi connectivity index (χ2v) is 6.08. The maximum atomic E-state index is 11.8. The Bertz CT molecular complexity index is 781. The molecule has 0 heterocycles. The molecule has 136 valence electrons.